The molecule has 3 heterocycles. The number of hydrogen-bond acceptors (Lipinski definition) is 7. The van der Waals surface area contributed by atoms with Crippen molar-refractivity contribution in [3.05, 3.63) is 23.9 Å². The number of aliphatic hydroxyl groups is 1. The Bertz CT molecular complexity index is 677. The normalized spacial score (nSPS) is 32.3. The van der Waals surface area contributed by atoms with Gasteiger partial charge in [-0.3, -0.25) is 4.90 Å². The van der Waals surface area contributed by atoms with E-state index in [4.69, 9.17) is 4.74 Å². The van der Waals surface area contributed by atoms with Crippen molar-refractivity contribution in [2.45, 2.75) is 25.0 Å². The number of ether oxygens (including phenoxy) is 1. The van der Waals surface area contributed by atoms with E-state index in [9.17, 15) is 9.90 Å². The van der Waals surface area contributed by atoms with Crippen LogP contribution < -0.4 is 4.90 Å². The van der Waals surface area contributed by atoms with Crippen molar-refractivity contribution in [2.75, 3.05) is 58.3 Å². The molecule has 27 heavy (non-hydrogen) atoms. The summed E-state index contributed by atoms with van der Waals surface area (Å²) in [5.74, 6) is 1.49. The Morgan fingerprint density at radius 3 is 2.56 bits per heavy atom. The van der Waals surface area contributed by atoms with Crippen molar-refractivity contribution < 1.29 is 14.6 Å². The highest BCUT2D eigenvalue weighted by atomic mass is 16.5. The fraction of sp³-hybridized carbons (Fsp3) is 0.700. The summed E-state index contributed by atoms with van der Waals surface area (Å²) in [5, 5.41) is 10.8. The minimum Gasteiger partial charge on any atom is -0.464 e. The Balaban J connectivity index is 1.43. The van der Waals surface area contributed by atoms with Crippen LogP contribution >= 0.6 is 0 Å². The molecular formula is C20H30N4O3. The first-order valence-corrected chi connectivity index (χ1v) is 9.96. The predicted octanol–water partition coefficient (Wildman–Crippen LogP) is 0.691. The highest BCUT2D eigenvalue weighted by Crippen LogP contribution is 2.39. The molecule has 4 atom stereocenters. The van der Waals surface area contributed by atoms with Crippen molar-refractivity contribution >= 4 is 11.8 Å². The molecule has 1 aromatic heterocycles. The average molecular weight is 374 g/mol. The van der Waals surface area contributed by atoms with Crippen LogP contribution in [-0.2, 0) is 4.74 Å². The second kappa shape index (κ2) is 7.73. The Morgan fingerprint density at radius 1 is 1.15 bits per heavy atom. The first-order valence-electron chi connectivity index (χ1n) is 9.96. The van der Waals surface area contributed by atoms with Crippen LogP contribution in [0.4, 0.5) is 5.82 Å². The van der Waals surface area contributed by atoms with Crippen LogP contribution in [-0.4, -0.2) is 91.4 Å². The highest BCUT2D eigenvalue weighted by molar-refractivity contribution is 5.87. The summed E-state index contributed by atoms with van der Waals surface area (Å²) in [5.41, 5.74) is 0.347. The summed E-state index contributed by atoms with van der Waals surface area (Å²) < 4.78 is 4.79. The number of carbonyl (C=O) groups is 1. The molecule has 148 valence electrons. The van der Waals surface area contributed by atoms with E-state index in [0.717, 1.165) is 57.9 Å². The van der Waals surface area contributed by atoms with Gasteiger partial charge in [0.1, 0.15) is 5.82 Å². The molecule has 0 aromatic carbocycles. The zero-order valence-electron chi connectivity index (χ0n) is 16.3. The van der Waals surface area contributed by atoms with E-state index in [1.807, 2.05) is 12.1 Å². The maximum atomic E-state index is 11.8. The van der Waals surface area contributed by atoms with Crippen LogP contribution in [0.2, 0.25) is 0 Å². The second-order valence-corrected chi connectivity index (χ2v) is 8.24. The van der Waals surface area contributed by atoms with Crippen LogP contribution in [0.5, 0.6) is 0 Å². The smallest absolute Gasteiger partial charge is 0.356 e. The third-order valence-electron chi connectivity index (χ3n) is 6.57. The van der Waals surface area contributed by atoms with Crippen molar-refractivity contribution in [3.63, 3.8) is 0 Å². The summed E-state index contributed by atoms with van der Waals surface area (Å²) in [6, 6.07) is 5.77. The van der Waals surface area contributed by atoms with Gasteiger partial charge in [-0.15, -0.1) is 0 Å². The standard InChI is InChI=1S/C20H30N4O3/c1-22-6-8-23(9-7-22)17-10-14-12-24(13-15(14)11-18(17)25)19-5-3-4-16(21-19)20(26)27-2/h3-5,14-15,17-18,25H,6-13H2,1-2H3/t14-,15+,17-,18-/m1/s1. The van der Waals surface area contributed by atoms with E-state index in [-0.39, 0.29) is 12.1 Å². The lowest BCUT2D eigenvalue weighted by molar-refractivity contribution is -0.0249. The summed E-state index contributed by atoms with van der Waals surface area (Å²) in [6.45, 7) is 6.08. The molecule has 7 heteroatoms. The van der Waals surface area contributed by atoms with E-state index in [1.54, 1.807) is 6.07 Å². The number of piperazine rings is 1. The molecule has 0 radical (unpaired) electrons. The minimum absolute atomic E-state index is 0.246. The fourth-order valence-electron chi connectivity index (χ4n) is 4.96. The summed E-state index contributed by atoms with van der Waals surface area (Å²) in [6.07, 6.45) is 1.65. The molecule has 0 spiro atoms. The molecule has 3 fully saturated rings. The Kier molecular flexibility index (Phi) is 5.34. The minimum atomic E-state index is -0.404. The van der Waals surface area contributed by atoms with Crippen LogP contribution in [0.3, 0.4) is 0 Å². The Morgan fingerprint density at radius 2 is 1.85 bits per heavy atom. The fourth-order valence-corrected chi connectivity index (χ4v) is 4.96. The van der Waals surface area contributed by atoms with Crippen molar-refractivity contribution in [1.82, 2.24) is 14.8 Å². The van der Waals surface area contributed by atoms with E-state index in [2.05, 4.69) is 26.7 Å². The van der Waals surface area contributed by atoms with Crippen LogP contribution in [0.15, 0.2) is 18.2 Å². The van der Waals surface area contributed by atoms with Crippen LogP contribution in [0, 0.1) is 11.8 Å². The van der Waals surface area contributed by atoms with E-state index in [1.165, 1.54) is 7.11 Å². The van der Waals surface area contributed by atoms with Gasteiger partial charge in [0.2, 0.25) is 0 Å². The van der Waals surface area contributed by atoms with Gasteiger partial charge in [0.15, 0.2) is 5.69 Å². The topological polar surface area (TPSA) is 69.1 Å². The number of methoxy groups -OCH3 is 1. The number of carbonyl (C=O) groups excluding carboxylic acids is 1. The van der Waals surface area contributed by atoms with E-state index < -0.39 is 5.97 Å². The van der Waals surface area contributed by atoms with Gasteiger partial charge in [-0.1, -0.05) is 6.07 Å². The van der Waals surface area contributed by atoms with Crippen molar-refractivity contribution in [3.8, 4) is 0 Å². The van der Waals surface area contributed by atoms with E-state index >= 15 is 0 Å². The predicted molar refractivity (Wildman–Crippen MR) is 103 cm³/mol. The molecule has 1 aromatic rings. The summed E-state index contributed by atoms with van der Waals surface area (Å²) >= 11 is 0. The molecule has 2 aliphatic heterocycles. The van der Waals surface area contributed by atoms with Gasteiger partial charge < -0.3 is 19.6 Å². The molecular weight excluding hydrogens is 344 g/mol. The number of likely N-dealkylation sites (N-methyl/N-ethyl adjacent to an activating group) is 1. The molecule has 4 rings (SSSR count). The zero-order valence-corrected chi connectivity index (χ0v) is 16.3. The maximum Gasteiger partial charge on any atom is 0.356 e. The van der Waals surface area contributed by atoms with Gasteiger partial charge in [-0.2, -0.15) is 0 Å². The Labute approximate surface area is 160 Å². The quantitative estimate of drug-likeness (QED) is 0.781. The number of pyridine rings is 1. The molecule has 1 saturated carbocycles. The number of anilines is 1. The molecule has 1 aliphatic carbocycles. The molecule has 0 unspecified atom stereocenters. The number of rotatable bonds is 3. The van der Waals surface area contributed by atoms with Crippen molar-refractivity contribution in [2.24, 2.45) is 11.8 Å². The number of fused-ring (bicyclic) bond motifs is 1. The van der Waals surface area contributed by atoms with Gasteiger partial charge in [0.25, 0.3) is 0 Å². The number of esters is 1. The zero-order chi connectivity index (χ0) is 19.0. The van der Waals surface area contributed by atoms with E-state index in [0.29, 0.717) is 17.5 Å². The van der Waals surface area contributed by atoms with Crippen LogP contribution in [0.1, 0.15) is 23.3 Å². The lowest BCUT2D eigenvalue weighted by Gasteiger charge is -2.44. The molecule has 3 aliphatic rings. The largest absolute Gasteiger partial charge is 0.464 e. The molecule has 0 bridgehead atoms. The molecule has 2 saturated heterocycles. The van der Waals surface area contributed by atoms with Crippen LogP contribution in [0.25, 0.3) is 0 Å². The lowest BCUT2D eigenvalue weighted by Crippen LogP contribution is -2.55. The third-order valence-corrected chi connectivity index (χ3v) is 6.57. The Hall–Kier alpha value is -1.70. The number of aromatic nitrogens is 1. The molecule has 7 nitrogen and oxygen atoms in total. The number of nitrogens with zero attached hydrogens (tertiary/aromatic N) is 4. The summed E-state index contributed by atoms with van der Waals surface area (Å²) in [4.78, 5) is 23.4. The second-order valence-electron chi connectivity index (χ2n) is 8.24. The third kappa shape index (κ3) is 3.81. The molecule has 0 amide bonds. The summed E-state index contributed by atoms with van der Waals surface area (Å²) in [7, 11) is 3.54. The lowest BCUT2D eigenvalue weighted by atomic mass is 9.77. The monoisotopic (exact) mass is 374 g/mol. The SMILES string of the molecule is COC(=O)c1cccc(N2C[C@H]3C[C@@H](N4CCN(C)CC4)[C@H](O)C[C@H]3C2)n1. The first kappa shape index (κ1) is 18.7. The van der Waals surface area contributed by atoms with Gasteiger partial charge in [0, 0.05) is 45.3 Å². The van der Waals surface area contributed by atoms with Gasteiger partial charge in [0.05, 0.1) is 13.2 Å². The maximum absolute atomic E-state index is 11.8. The number of aliphatic hydroxyl groups excluding tert-OH is 1. The average Bonchev–Trinajstić information content (AvgIpc) is 3.10. The first-order chi connectivity index (χ1) is 13.0. The van der Waals surface area contributed by atoms with Gasteiger partial charge in [-0.05, 0) is 43.9 Å². The highest BCUT2D eigenvalue weighted by Gasteiger charge is 2.44. The van der Waals surface area contributed by atoms with Gasteiger partial charge >= 0.3 is 5.97 Å². The number of hydrogen-bond donors (Lipinski definition) is 1. The van der Waals surface area contributed by atoms with Crippen molar-refractivity contribution in [1.29, 1.82) is 0 Å². The van der Waals surface area contributed by atoms with Gasteiger partial charge in [-0.25, -0.2) is 9.78 Å². The molecule has 1 N–H and O–H groups in total.